The lowest BCUT2D eigenvalue weighted by atomic mass is 9.83. The largest absolute Gasteiger partial charge is 0.456 e. The van der Waals surface area contributed by atoms with Gasteiger partial charge < -0.3 is 14.9 Å². The van der Waals surface area contributed by atoms with E-state index in [0.29, 0.717) is 12.8 Å². The molecule has 1 aliphatic rings. The van der Waals surface area contributed by atoms with E-state index >= 15 is 0 Å². The zero-order valence-electron chi connectivity index (χ0n) is 18.1. The van der Waals surface area contributed by atoms with Crippen LogP contribution in [-0.4, -0.2) is 33.5 Å². The zero-order chi connectivity index (χ0) is 20.2. The highest BCUT2D eigenvalue weighted by atomic mass is 16.6. The first-order valence-corrected chi connectivity index (χ1v) is 11.4. The Kier molecular flexibility index (Phi) is 11.6. The molecule has 1 aliphatic heterocycles. The number of rotatable bonds is 16. The number of aliphatic hydroxyl groups is 2. The Morgan fingerprint density at radius 1 is 0.963 bits per heavy atom. The van der Waals surface area contributed by atoms with Crippen molar-refractivity contribution >= 4 is 5.97 Å². The number of carbonyl (C=O) groups is 1. The fourth-order valence-electron chi connectivity index (χ4n) is 4.27. The Labute approximate surface area is 167 Å². The average Bonchev–Trinajstić information content (AvgIpc) is 2.82. The lowest BCUT2D eigenvalue weighted by Crippen LogP contribution is -2.44. The maximum absolute atomic E-state index is 11.4. The quantitative estimate of drug-likeness (QED) is 0.265. The van der Waals surface area contributed by atoms with Crippen LogP contribution < -0.4 is 0 Å². The van der Waals surface area contributed by atoms with E-state index < -0.39 is 17.3 Å². The first kappa shape index (κ1) is 24.4. The summed E-state index contributed by atoms with van der Waals surface area (Å²) in [7, 11) is 0. The van der Waals surface area contributed by atoms with E-state index in [-0.39, 0.29) is 12.4 Å². The topological polar surface area (TPSA) is 66.8 Å². The summed E-state index contributed by atoms with van der Waals surface area (Å²) in [6.07, 6.45) is 17.2. The SMILES string of the molecule is CCCCCCCCCCCCCCC[C@@](C)(O)C[C@]1(C)OC(=O)C[C@@H]1O. The van der Waals surface area contributed by atoms with E-state index in [9.17, 15) is 15.0 Å². The van der Waals surface area contributed by atoms with E-state index in [0.717, 1.165) is 12.8 Å². The van der Waals surface area contributed by atoms with Gasteiger partial charge in [-0.3, -0.25) is 4.79 Å². The molecular weight excluding hydrogens is 340 g/mol. The molecule has 0 aliphatic carbocycles. The third kappa shape index (κ3) is 10.5. The number of esters is 1. The Hall–Kier alpha value is -0.610. The Bertz CT molecular complexity index is 407. The first-order valence-electron chi connectivity index (χ1n) is 11.4. The van der Waals surface area contributed by atoms with Crippen LogP contribution in [0.1, 0.15) is 124 Å². The summed E-state index contributed by atoms with van der Waals surface area (Å²) in [5.74, 6) is -0.373. The second-order valence-electron chi connectivity index (χ2n) is 9.17. The lowest BCUT2D eigenvalue weighted by Gasteiger charge is -2.34. The van der Waals surface area contributed by atoms with E-state index in [1.165, 1.54) is 70.6 Å². The molecule has 0 spiro atoms. The number of carbonyl (C=O) groups excluding carboxylic acids is 1. The summed E-state index contributed by atoms with van der Waals surface area (Å²) in [6, 6.07) is 0. The smallest absolute Gasteiger partial charge is 0.309 e. The van der Waals surface area contributed by atoms with Gasteiger partial charge in [0.1, 0.15) is 11.7 Å². The number of cyclic esters (lactones) is 1. The highest BCUT2D eigenvalue weighted by molar-refractivity contribution is 5.73. The van der Waals surface area contributed by atoms with Gasteiger partial charge in [-0.15, -0.1) is 0 Å². The highest BCUT2D eigenvalue weighted by Crippen LogP contribution is 2.36. The van der Waals surface area contributed by atoms with Crippen molar-refractivity contribution < 1.29 is 19.7 Å². The van der Waals surface area contributed by atoms with Crippen LogP contribution in [0.5, 0.6) is 0 Å². The average molecular weight is 385 g/mol. The van der Waals surface area contributed by atoms with Gasteiger partial charge in [-0.05, 0) is 20.3 Å². The molecule has 4 heteroatoms. The van der Waals surface area contributed by atoms with Gasteiger partial charge in [0, 0.05) is 6.42 Å². The van der Waals surface area contributed by atoms with E-state index in [1.807, 2.05) is 0 Å². The molecule has 0 aromatic rings. The molecule has 27 heavy (non-hydrogen) atoms. The molecule has 3 atom stereocenters. The monoisotopic (exact) mass is 384 g/mol. The van der Waals surface area contributed by atoms with Gasteiger partial charge in [0.25, 0.3) is 0 Å². The summed E-state index contributed by atoms with van der Waals surface area (Å²) in [6.45, 7) is 5.77. The molecule has 1 fully saturated rings. The lowest BCUT2D eigenvalue weighted by molar-refractivity contribution is -0.155. The van der Waals surface area contributed by atoms with Crippen molar-refractivity contribution in [3.8, 4) is 0 Å². The molecule has 0 aromatic heterocycles. The van der Waals surface area contributed by atoms with Gasteiger partial charge in [-0.2, -0.15) is 0 Å². The summed E-state index contributed by atoms with van der Waals surface area (Å²) < 4.78 is 5.27. The van der Waals surface area contributed by atoms with Crippen LogP contribution in [0.3, 0.4) is 0 Å². The molecule has 0 amide bonds. The Morgan fingerprint density at radius 2 is 1.41 bits per heavy atom. The molecule has 1 saturated heterocycles. The number of hydrogen-bond donors (Lipinski definition) is 2. The van der Waals surface area contributed by atoms with Gasteiger partial charge in [-0.25, -0.2) is 0 Å². The number of ether oxygens (including phenoxy) is 1. The molecule has 0 radical (unpaired) electrons. The predicted molar refractivity (Wildman–Crippen MR) is 111 cm³/mol. The van der Waals surface area contributed by atoms with Crippen molar-refractivity contribution in [3.63, 3.8) is 0 Å². The van der Waals surface area contributed by atoms with Gasteiger partial charge >= 0.3 is 5.97 Å². The molecule has 4 nitrogen and oxygen atoms in total. The van der Waals surface area contributed by atoms with Crippen LogP contribution in [0.25, 0.3) is 0 Å². The third-order valence-electron chi connectivity index (χ3n) is 5.96. The Balaban J connectivity index is 1.99. The van der Waals surface area contributed by atoms with Crippen molar-refractivity contribution in [1.29, 1.82) is 0 Å². The minimum absolute atomic E-state index is 0.0331. The van der Waals surface area contributed by atoms with Crippen molar-refractivity contribution in [2.75, 3.05) is 0 Å². The number of unbranched alkanes of at least 4 members (excludes halogenated alkanes) is 12. The minimum atomic E-state index is -0.947. The van der Waals surface area contributed by atoms with Crippen LogP contribution in [0.2, 0.25) is 0 Å². The van der Waals surface area contributed by atoms with Crippen molar-refractivity contribution in [3.05, 3.63) is 0 Å². The van der Waals surface area contributed by atoms with Crippen LogP contribution in [0, 0.1) is 0 Å². The molecule has 0 bridgehead atoms. The van der Waals surface area contributed by atoms with Gasteiger partial charge in [0.05, 0.1) is 12.0 Å². The van der Waals surface area contributed by atoms with Crippen molar-refractivity contribution in [2.45, 2.75) is 141 Å². The molecule has 1 heterocycles. The van der Waals surface area contributed by atoms with Gasteiger partial charge in [0.15, 0.2) is 0 Å². The third-order valence-corrected chi connectivity index (χ3v) is 5.96. The van der Waals surface area contributed by atoms with Crippen LogP contribution in [-0.2, 0) is 9.53 Å². The molecule has 2 N–H and O–H groups in total. The summed E-state index contributed by atoms with van der Waals surface area (Å²) >= 11 is 0. The Morgan fingerprint density at radius 3 is 1.81 bits per heavy atom. The fourth-order valence-corrected chi connectivity index (χ4v) is 4.27. The van der Waals surface area contributed by atoms with Crippen molar-refractivity contribution in [1.82, 2.24) is 0 Å². The highest BCUT2D eigenvalue weighted by Gasteiger charge is 2.48. The van der Waals surface area contributed by atoms with E-state index in [1.54, 1.807) is 13.8 Å². The van der Waals surface area contributed by atoms with Gasteiger partial charge in [-0.1, -0.05) is 90.4 Å². The number of aliphatic hydroxyl groups excluding tert-OH is 1. The van der Waals surface area contributed by atoms with E-state index in [4.69, 9.17) is 4.74 Å². The molecule has 1 rings (SSSR count). The molecule has 0 unspecified atom stereocenters. The number of hydrogen-bond acceptors (Lipinski definition) is 4. The molecular formula is C23H44O4. The normalized spacial score (nSPS) is 24.8. The zero-order valence-corrected chi connectivity index (χ0v) is 18.1. The summed E-state index contributed by atoms with van der Waals surface area (Å²) in [4.78, 5) is 11.4. The predicted octanol–water partition coefficient (Wildman–Crippen LogP) is 5.68. The van der Waals surface area contributed by atoms with Crippen LogP contribution in [0.15, 0.2) is 0 Å². The fraction of sp³-hybridized carbons (Fsp3) is 0.957. The van der Waals surface area contributed by atoms with Crippen molar-refractivity contribution in [2.24, 2.45) is 0 Å². The minimum Gasteiger partial charge on any atom is -0.456 e. The maximum atomic E-state index is 11.4. The second kappa shape index (κ2) is 12.8. The molecule has 160 valence electrons. The van der Waals surface area contributed by atoms with Crippen LogP contribution in [0.4, 0.5) is 0 Å². The van der Waals surface area contributed by atoms with Crippen LogP contribution >= 0.6 is 0 Å². The van der Waals surface area contributed by atoms with Gasteiger partial charge in [0.2, 0.25) is 0 Å². The first-order chi connectivity index (χ1) is 12.8. The summed E-state index contributed by atoms with van der Waals surface area (Å²) in [5, 5.41) is 20.6. The second-order valence-corrected chi connectivity index (χ2v) is 9.17. The van der Waals surface area contributed by atoms with E-state index in [2.05, 4.69) is 6.92 Å². The summed E-state index contributed by atoms with van der Waals surface area (Å²) in [5.41, 5.74) is -1.85. The maximum Gasteiger partial charge on any atom is 0.309 e. The molecule has 0 saturated carbocycles. The standard InChI is InChI=1S/C23H44O4/c1-4-5-6-7-8-9-10-11-12-13-14-15-16-17-22(2,26)19-23(3)20(24)18-21(25)27-23/h20,24,26H,4-19H2,1-3H3/t20-,22+,23-/m0/s1. The molecule has 0 aromatic carbocycles.